The van der Waals surface area contributed by atoms with E-state index in [9.17, 15) is 4.79 Å². The van der Waals surface area contributed by atoms with Gasteiger partial charge in [0.1, 0.15) is 11.6 Å². The molecule has 1 aromatic carbocycles. The van der Waals surface area contributed by atoms with Crippen molar-refractivity contribution in [3.63, 3.8) is 0 Å². The Kier molecular flexibility index (Phi) is 6.86. The van der Waals surface area contributed by atoms with Crippen molar-refractivity contribution in [3.05, 3.63) is 47.4 Å². The van der Waals surface area contributed by atoms with Gasteiger partial charge in [-0.05, 0) is 32.9 Å². The smallest absolute Gasteiger partial charge is 0.258 e. The number of benzene rings is 1. The summed E-state index contributed by atoms with van der Waals surface area (Å²) in [6.07, 6.45) is 3.09. The summed E-state index contributed by atoms with van der Waals surface area (Å²) >= 11 is 0. The minimum absolute atomic E-state index is 0.0834. The maximum absolute atomic E-state index is 12.0. The van der Waals surface area contributed by atoms with Gasteiger partial charge in [-0.1, -0.05) is 12.1 Å². The zero-order valence-electron chi connectivity index (χ0n) is 18.0. The number of fused-ring (bicyclic) bond motifs is 1. The summed E-state index contributed by atoms with van der Waals surface area (Å²) in [4.78, 5) is 21.4. The van der Waals surface area contributed by atoms with Gasteiger partial charge in [0.05, 0.1) is 24.6 Å². The molecule has 0 bridgehead atoms. The van der Waals surface area contributed by atoms with Gasteiger partial charge >= 0.3 is 0 Å². The Labute approximate surface area is 181 Å². The highest BCUT2D eigenvalue weighted by Gasteiger charge is 2.20. The molecule has 0 radical (unpaired) electrons. The number of amides is 1. The Morgan fingerprint density at radius 2 is 2.16 bits per heavy atom. The minimum atomic E-state index is -0.320. The Morgan fingerprint density at radius 3 is 2.87 bits per heavy atom. The number of hydrogen-bond acceptors (Lipinski definition) is 8. The monoisotopic (exact) mass is 424 g/mol. The highest BCUT2D eigenvalue weighted by molar-refractivity contribution is 5.81. The fraction of sp³-hybridized carbons (Fsp3) is 0.364. The summed E-state index contributed by atoms with van der Waals surface area (Å²) in [7, 11) is 0. The van der Waals surface area contributed by atoms with Crippen molar-refractivity contribution in [1.29, 1.82) is 5.41 Å². The van der Waals surface area contributed by atoms with E-state index in [-0.39, 0.29) is 18.1 Å². The Balaban J connectivity index is 1.86. The fourth-order valence-electron chi connectivity index (χ4n) is 3.06. The molecule has 1 aliphatic rings. The predicted octanol–water partition coefficient (Wildman–Crippen LogP) is 2.37. The van der Waals surface area contributed by atoms with Crippen molar-refractivity contribution >= 4 is 17.9 Å². The van der Waals surface area contributed by atoms with Crippen LogP contribution in [0.3, 0.4) is 0 Å². The van der Waals surface area contributed by atoms with Crippen molar-refractivity contribution in [3.8, 4) is 17.1 Å². The van der Waals surface area contributed by atoms with Crippen molar-refractivity contribution in [2.45, 2.75) is 39.3 Å². The van der Waals surface area contributed by atoms with Gasteiger partial charge in [0.25, 0.3) is 5.91 Å². The van der Waals surface area contributed by atoms with Gasteiger partial charge in [-0.25, -0.2) is 9.97 Å². The molecule has 0 unspecified atom stereocenters. The third-order valence-electron chi connectivity index (χ3n) is 4.40. The number of aromatic nitrogens is 2. The van der Waals surface area contributed by atoms with E-state index in [1.807, 2.05) is 32.9 Å². The van der Waals surface area contributed by atoms with E-state index in [4.69, 9.17) is 25.6 Å². The van der Waals surface area contributed by atoms with Crippen LogP contribution >= 0.6 is 0 Å². The molecule has 9 nitrogen and oxygen atoms in total. The zero-order chi connectivity index (χ0) is 22.4. The summed E-state index contributed by atoms with van der Waals surface area (Å²) in [5.41, 5.74) is 8.15. The fourth-order valence-corrected chi connectivity index (χ4v) is 3.06. The first kappa shape index (κ1) is 22.2. The molecule has 0 saturated heterocycles. The molecule has 3 rings (SSSR count). The van der Waals surface area contributed by atoms with Gasteiger partial charge in [-0.2, -0.15) is 0 Å². The quantitative estimate of drug-likeness (QED) is 0.501. The number of nitrogens with two attached hydrogens (primary N) is 1. The number of carbonyl (C=O) groups is 1. The van der Waals surface area contributed by atoms with E-state index in [1.165, 1.54) is 6.20 Å². The van der Waals surface area contributed by atoms with Crippen LogP contribution < -0.4 is 21.1 Å². The first-order valence-corrected chi connectivity index (χ1v) is 10.0. The van der Waals surface area contributed by atoms with E-state index in [1.54, 1.807) is 12.1 Å². The molecule has 5 N–H and O–H groups in total. The number of hydrogen-bond donors (Lipinski definition) is 4. The van der Waals surface area contributed by atoms with Gasteiger partial charge < -0.3 is 31.3 Å². The third kappa shape index (κ3) is 6.02. The topological polar surface area (TPSA) is 135 Å². The van der Waals surface area contributed by atoms with Crippen LogP contribution in [0.4, 0.5) is 5.82 Å². The molecular formula is C22H28N6O3. The molecule has 1 aromatic heterocycles. The molecule has 2 heterocycles. The normalized spacial score (nSPS) is 13.8. The summed E-state index contributed by atoms with van der Waals surface area (Å²) in [6.45, 7) is 6.64. The lowest BCUT2D eigenvalue weighted by atomic mass is 10.1. The lowest BCUT2D eigenvalue weighted by molar-refractivity contribution is -0.124. The third-order valence-corrected chi connectivity index (χ3v) is 4.40. The maximum Gasteiger partial charge on any atom is 0.258 e. The highest BCUT2D eigenvalue weighted by atomic mass is 16.5. The van der Waals surface area contributed by atoms with Crippen LogP contribution in [0.25, 0.3) is 11.4 Å². The lowest BCUT2D eigenvalue weighted by Gasteiger charge is -2.21. The second-order valence-corrected chi connectivity index (χ2v) is 8.13. The molecule has 0 saturated carbocycles. The van der Waals surface area contributed by atoms with Gasteiger partial charge in [-0.3, -0.25) is 4.79 Å². The van der Waals surface area contributed by atoms with E-state index in [2.05, 4.69) is 15.6 Å². The zero-order valence-corrected chi connectivity index (χ0v) is 18.0. The van der Waals surface area contributed by atoms with Crippen LogP contribution in [0.15, 0.2) is 36.2 Å². The van der Waals surface area contributed by atoms with Crippen LogP contribution in [0.5, 0.6) is 5.75 Å². The Morgan fingerprint density at radius 1 is 1.35 bits per heavy atom. The van der Waals surface area contributed by atoms with E-state index < -0.39 is 0 Å². The van der Waals surface area contributed by atoms with Gasteiger partial charge in [0.15, 0.2) is 12.4 Å². The molecule has 9 heteroatoms. The van der Waals surface area contributed by atoms with E-state index >= 15 is 0 Å². The first-order chi connectivity index (χ1) is 14.8. The predicted molar refractivity (Wildman–Crippen MR) is 119 cm³/mol. The van der Waals surface area contributed by atoms with E-state index in [0.29, 0.717) is 42.7 Å². The molecular weight excluding hydrogens is 396 g/mol. The Bertz CT molecular complexity index is 997. The summed E-state index contributed by atoms with van der Waals surface area (Å²) < 4.78 is 11.2. The Hall–Kier alpha value is -3.46. The average Bonchev–Trinajstić information content (AvgIpc) is 2.74. The first-order valence-electron chi connectivity index (χ1n) is 10.0. The van der Waals surface area contributed by atoms with Crippen LogP contribution in [-0.4, -0.2) is 40.8 Å². The number of anilines is 1. The molecule has 31 heavy (non-hydrogen) atoms. The average molecular weight is 425 g/mol. The molecule has 0 atom stereocenters. The van der Waals surface area contributed by atoms with Crippen LogP contribution in [0.2, 0.25) is 0 Å². The second kappa shape index (κ2) is 9.57. The number of carbonyl (C=O) groups excluding carboxylic acids is 1. The van der Waals surface area contributed by atoms with Gasteiger partial charge in [-0.15, -0.1) is 0 Å². The van der Waals surface area contributed by atoms with Crippen LogP contribution in [0, 0.1) is 5.41 Å². The highest BCUT2D eigenvalue weighted by Crippen LogP contribution is 2.28. The minimum Gasteiger partial charge on any atom is -0.484 e. The standard InChI is InChI=1S/C22H28N6O3/c1-22(2,3)28-19(29)13-31-16-6-4-5-14(9-16)20-26-18-7-8-30-12-17(18)21(27-20)25-15(10-23)11-24/h4-6,9-11,23H,7-8,12-13,24H2,1-3H3,(H,28,29)(H,25,26,27)/b15-11+,23-10?. The molecule has 1 amide bonds. The van der Waals surface area contributed by atoms with Crippen molar-refractivity contribution in [2.75, 3.05) is 18.5 Å². The molecule has 2 aromatic rings. The second-order valence-electron chi connectivity index (χ2n) is 8.13. The number of allylic oxidation sites excluding steroid dienone is 1. The van der Waals surface area contributed by atoms with Gasteiger partial charge in [0, 0.05) is 35.5 Å². The van der Waals surface area contributed by atoms with Crippen LogP contribution in [0.1, 0.15) is 32.0 Å². The summed E-state index contributed by atoms with van der Waals surface area (Å²) in [5.74, 6) is 1.41. The lowest BCUT2D eigenvalue weighted by Crippen LogP contribution is -2.43. The van der Waals surface area contributed by atoms with Crippen molar-refractivity contribution in [2.24, 2.45) is 5.73 Å². The van der Waals surface area contributed by atoms with Crippen molar-refractivity contribution in [1.82, 2.24) is 15.3 Å². The van der Waals surface area contributed by atoms with Crippen LogP contribution in [-0.2, 0) is 22.6 Å². The molecule has 1 aliphatic heterocycles. The number of ether oxygens (including phenoxy) is 2. The SMILES string of the molecule is CC(C)(C)NC(=O)COc1cccc(-c2nc3c(c(N/C(C=N)=C/N)n2)COCC3)c1. The number of nitrogens with zero attached hydrogens (tertiary/aromatic N) is 2. The van der Waals surface area contributed by atoms with Crippen molar-refractivity contribution < 1.29 is 14.3 Å². The molecule has 0 fully saturated rings. The maximum atomic E-state index is 12.0. The number of rotatable bonds is 7. The van der Waals surface area contributed by atoms with Gasteiger partial charge in [0.2, 0.25) is 0 Å². The molecule has 0 aliphatic carbocycles. The number of nitrogens with one attached hydrogen (secondary N) is 3. The largest absolute Gasteiger partial charge is 0.484 e. The summed E-state index contributed by atoms with van der Waals surface area (Å²) in [6, 6.07) is 7.28. The molecule has 164 valence electrons. The van der Waals surface area contributed by atoms with E-state index in [0.717, 1.165) is 23.0 Å². The summed E-state index contributed by atoms with van der Waals surface area (Å²) in [5, 5.41) is 13.4. The molecule has 0 spiro atoms.